The molecule has 1 unspecified atom stereocenters. The maximum Gasteiger partial charge on any atom is 0.139 e. The molecule has 0 N–H and O–H groups in total. The van der Waals surface area contributed by atoms with Gasteiger partial charge in [0, 0.05) is 6.42 Å². The molecular weight excluding hydrogens is 264 g/mol. The average molecular weight is 279 g/mol. The first-order chi connectivity index (χ1) is 8.83. The highest BCUT2D eigenvalue weighted by Crippen LogP contribution is 2.34. The summed E-state index contributed by atoms with van der Waals surface area (Å²) in [5.41, 5.74) is 1.09. The average Bonchev–Trinajstić information content (AvgIpc) is 2.83. The van der Waals surface area contributed by atoms with Crippen molar-refractivity contribution in [3.8, 4) is 0 Å². The summed E-state index contributed by atoms with van der Waals surface area (Å²) in [4.78, 5) is 0. The van der Waals surface area contributed by atoms with Crippen LogP contribution in [0.4, 0.5) is 0 Å². The van der Waals surface area contributed by atoms with E-state index in [0.29, 0.717) is 0 Å². The van der Waals surface area contributed by atoms with Gasteiger partial charge in [0.2, 0.25) is 0 Å². The van der Waals surface area contributed by atoms with Gasteiger partial charge in [0.25, 0.3) is 0 Å². The Morgan fingerprint density at radius 3 is 2.67 bits per heavy atom. The van der Waals surface area contributed by atoms with Crippen molar-refractivity contribution in [2.75, 3.05) is 0 Å². The van der Waals surface area contributed by atoms with E-state index in [-0.39, 0.29) is 5.38 Å². The summed E-state index contributed by atoms with van der Waals surface area (Å²) in [6.07, 6.45) is 5.14. The number of hydrogen-bond acceptors (Lipinski definition) is 3. The van der Waals surface area contributed by atoms with E-state index in [9.17, 15) is 0 Å². The molecule has 0 amide bonds. The third kappa shape index (κ3) is 2.57. The van der Waals surface area contributed by atoms with Crippen LogP contribution in [0, 0.1) is 5.92 Å². The Labute approximate surface area is 116 Å². The van der Waals surface area contributed by atoms with Crippen molar-refractivity contribution >= 4 is 22.9 Å². The molecule has 2 aromatic rings. The minimum atomic E-state index is -0.168. The van der Waals surface area contributed by atoms with Gasteiger partial charge in [-0.05, 0) is 11.5 Å². The zero-order valence-corrected chi connectivity index (χ0v) is 11.6. The van der Waals surface area contributed by atoms with Crippen LogP contribution in [0.25, 0.3) is 0 Å². The highest BCUT2D eigenvalue weighted by atomic mass is 35.5. The van der Waals surface area contributed by atoms with E-state index in [1.807, 2.05) is 30.3 Å². The first-order valence-corrected chi connectivity index (χ1v) is 7.59. The van der Waals surface area contributed by atoms with Crippen LogP contribution in [0.5, 0.6) is 0 Å². The van der Waals surface area contributed by atoms with Gasteiger partial charge in [-0.25, -0.2) is 0 Å². The third-order valence-corrected chi connectivity index (χ3v) is 5.08. The predicted molar refractivity (Wildman–Crippen MR) is 75.1 cm³/mol. The monoisotopic (exact) mass is 278 g/mol. The van der Waals surface area contributed by atoms with Gasteiger partial charge in [-0.1, -0.05) is 60.9 Å². The fraction of sp³-hybridized carbons (Fsp3) is 0.429. The zero-order chi connectivity index (χ0) is 12.4. The molecule has 1 aliphatic carbocycles. The molecule has 0 saturated heterocycles. The first-order valence-electron chi connectivity index (χ1n) is 6.34. The predicted octanol–water partition coefficient (Wildman–Crippen LogP) is 4.21. The number of aromatic nitrogens is 2. The van der Waals surface area contributed by atoms with Crippen molar-refractivity contribution in [2.45, 2.75) is 31.1 Å². The zero-order valence-electron chi connectivity index (χ0n) is 10.1. The summed E-state index contributed by atoms with van der Waals surface area (Å²) >= 11 is 8.10. The minimum Gasteiger partial charge on any atom is -0.143 e. The molecule has 18 heavy (non-hydrogen) atoms. The van der Waals surface area contributed by atoms with Crippen LogP contribution < -0.4 is 0 Å². The van der Waals surface area contributed by atoms with Gasteiger partial charge in [0.05, 0.1) is 0 Å². The molecule has 0 bridgehead atoms. The molecule has 1 fully saturated rings. The van der Waals surface area contributed by atoms with E-state index in [1.54, 1.807) is 11.3 Å². The van der Waals surface area contributed by atoms with Gasteiger partial charge in [-0.3, -0.25) is 0 Å². The Morgan fingerprint density at radius 1 is 1.22 bits per heavy atom. The van der Waals surface area contributed by atoms with Crippen molar-refractivity contribution in [3.05, 3.63) is 45.9 Å². The summed E-state index contributed by atoms with van der Waals surface area (Å²) in [7, 11) is 0. The Hall–Kier alpha value is -0.930. The molecule has 1 saturated carbocycles. The largest absolute Gasteiger partial charge is 0.143 e. The van der Waals surface area contributed by atoms with Crippen molar-refractivity contribution in [1.82, 2.24) is 10.2 Å². The summed E-state index contributed by atoms with van der Waals surface area (Å²) < 4.78 is 0. The van der Waals surface area contributed by atoms with E-state index < -0.39 is 0 Å². The Morgan fingerprint density at radius 2 is 2.00 bits per heavy atom. The number of nitrogens with zero attached hydrogens (tertiary/aromatic N) is 2. The number of benzene rings is 1. The van der Waals surface area contributed by atoms with Gasteiger partial charge in [0.15, 0.2) is 0 Å². The van der Waals surface area contributed by atoms with E-state index in [1.165, 1.54) is 19.3 Å². The second-order valence-electron chi connectivity index (χ2n) is 4.81. The Kier molecular flexibility index (Phi) is 3.62. The molecule has 0 aliphatic heterocycles. The molecule has 3 rings (SSSR count). The molecule has 1 heterocycles. The van der Waals surface area contributed by atoms with E-state index in [4.69, 9.17) is 11.6 Å². The van der Waals surface area contributed by atoms with Gasteiger partial charge < -0.3 is 0 Å². The van der Waals surface area contributed by atoms with E-state index in [0.717, 1.165) is 27.9 Å². The number of rotatable bonds is 4. The smallest absolute Gasteiger partial charge is 0.139 e. The summed E-state index contributed by atoms with van der Waals surface area (Å²) in [6, 6.07) is 10.1. The first kappa shape index (κ1) is 12.1. The standard InChI is InChI=1S/C14H15ClN2S/c15-13(11-7-2-1-3-8-11)14-17-16-12(18-14)9-10-5-4-6-10/h1-3,7-8,10,13H,4-6,9H2. The second kappa shape index (κ2) is 5.37. The van der Waals surface area contributed by atoms with Crippen LogP contribution in [0.15, 0.2) is 30.3 Å². The van der Waals surface area contributed by atoms with Gasteiger partial charge in [0.1, 0.15) is 15.4 Å². The second-order valence-corrected chi connectivity index (χ2v) is 6.34. The molecule has 1 aliphatic rings. The lowest BCUT2D eigenvalue weighted by Crippen LogP contribution is -2.13. The topological polar surface area (TPSA) is 25.8 Å². The summed E-state index contributed by atoms with van der Waals surface area (Å²) in [6.45, 7) is 0. The maximum atomic E-state index is 6.44. The molecule has 1 aromatic carbocycles. The molecule has 0 radical (unpaired) electrons. The maximum absolute atomic E-state index is 6.44. The molecule has 0 spiro atoms. The summed E-state index contributed by atoms with van der Waals surface area (Å²) in [5.74, 6) is 0.830. The van der Waals surface area contributed by atoms with Crippen LogP contribution in [0.2, 0.25) is 0 Å². The summed E-state index contributed by atoms with van der Waals surface area (Å²) in [5, 5.41) is 10.4. The quantitative estimate of drug-likeness (QED) is 0.783. The van der Waals surface area contributed by atoms with E-state index in [2.05, 4.69) is 10.2 Å². The van der Waals surface area contributed by atoms with Crippen LogP contribution in [-0.2, 0) is 6.42 Å². The fourth-order valence-electron chi connectivity index (χ4n) is 2.16. The fourth-order valence-corrected chi connectivity index (χ4v) is 3.45. The number of halogens is 1. The SMILES string of the molecule is ClC(c1ccccc1)c1nnc(CC2CCC2)s1. The van der Waals surface area contributed by atoms with Crippen LogP contribution in [0.3, 0.4) is 0 Å². The molecular formula is C14H15ClN2S. The number of alkyl halides is 1. The minimum absolute atomic E-state index is 0.168. The van der Waals surface area contributed by atoms with Crippen molar-refractivity contribution in [3.63, 3.8) is 0 Å². The van der Waals surface area contributed by atoms with Crippen molar-refractivity contribution < 1.29 is 0 Å². The van der Waals surface area contributed by atoms with Crippen LogP contribution in [-0.4, -0.2) is 10.2 Å². The molecule has 4 heteroatoms. The molecule has 1 atom stereocenters. The van der Waals surface area contributed by atoms with Crippen molar-refractivity contribution in [1.29, 1.82) is 0 Å². The Balaban J connectivity index is 1.72. The lowest BCUT2D eigenvalue weighted by Gasteiger charge is -2.23. The molecule has 2 nitrogen and oxygen atoms in total. The highest BCUT2D eigenvalue weighted by molar-refractivity contribution is 7.11. The third-order valence-electron chi connectivity index (χ3n) is 3.48. The van der Waals surface area contributed by atoms with E-state index >= 15 is 0 Å². The van der Waals surface area contributed by atoms with Gasteiger partial charge >= 0.3 is 0 Å². The highest BCUT2D eigenvalue weighted by Gasteiger charge is 2.21. The van der Waals surface area contributed by atoms with Crippen LogP contribution >= 0.6 is 22.9 Å². The van der Waals surface area contributed by atoms with Gasteiger partial charge in [-0.2, -0.15) is 0 Å². The normalized spacial score (nSPS) is 17.4. The Bertz CT molecular complexity index is 508. The van der Waals surface area contributed by atoms with Gasteiger partial charge in [-0.15, -0.1) is 21.8 Å². The number of hydrogen-bond donors (Lipinski definition) is 0. The lowest BCUT2D eigenvalue weighted by atomic mass is 9.83. The van der Waals surface area contributed by atoms with Crippen LogP contribution in [0.1, 0.15) is 40.2 Å². The molecule has 94 valence electrons. The van der Waals surface area contributed by atoms with Crippen molar-refractivity contribution in [2.24, 2.45) is 5.92 Å². The lowest BCUT2D eigenvalue weighted by molar-refractivity contribution is 0.313. The molecule has 1 aromatic heterocycles.